The van der Waals surface area contributed by atoms with Gasteiger partial charge in [0.15, 0.2) is 0 Å². The third kappa shape index (κ3) is 6.72. The van der Waals surface area contributed by atoms with Crippen LogP contribution in [0, 0.1) is 5.82 Å². The van der Waals surface area contributed by atoms with Gasteiger partial charge in [0.25, 0.3) is 0 Å². The first-order valence-corrected chi connectivity index (χ1v) is 10.2. The first kappa shape index (κ1) is 23.2. The summed E-state index contributed by atoms with van der Waals surface area (Å²) in [7, 11) is 0. The van der Waals surface area contributed by atoms with Gasteiger partial charge in [-0.05, 0) is 55.7 Å². The van der Waals surface area contributed by atoms with Crippen molar-refractivity contribution in [3.05, 3.63) is 69.5 Å². The molecule has 0 bridgehead atoms. The third-order valence-electron chi connectivity index (χ3n) is 4.77. The van der Waals surface area contributed by atoms with Gasteiger partial charge >= 0.3 is 0 Å². The van der Waals surface area contributed by atoms with Crippen LogP contribution in [-0.4, -0.2) is 28.8 Å². The van der Waals surface area contributed by atoms with E-state index in [1.807, 2.05) is 13.8 Å². The molecule has 1 N–H and O–H groups in total. The highest BCUT2D eigenvalue weighted by molar-refractivity contribution is 6.42. The number of hydrogen-bond donors (Lipinski definition) is 1. The Balaban J connectivity index is 2.23. The molecule has 0 radical (unpaired) electrons. The number of halogens is 3. The van der Waals surface area contributed by atoms with Crippen molar-refractivity contribution in [1.29, 1.82) is 0 Å². The number of carbonyl (C=O) groups is 2. The molecule has 4 nitrogen and oxygen atoms in total. The standard InChI is InChI=1S/C22H25Cl2FN2O2/c1-4-14(2)26-22(29)15(3)27(13-16-5-8-18(25)9-6-16)21(28)12-17-7-10-19(23)20(24)11-17/h5-11,14-15H,4,12-13H2,1-3H3,(H,26,29). The monoisotopic (exact) mass is 438 g/mol. The summed E-state index contributed by atoms with van der Waals surface area (Å²) in [6, 6.07) is 10.2. The zero-order valence-corrected chi connectivity index (χ0v) is 18.2. The number of nitrogens with zero attached hydrogens (tertiary/aromatic N) is 1. The minimum atomic E-state index is -0.690. The van der Waals surface area contributed by atoms with Gasteiger partial charge in [-0.3, -0.25) is 9.59 Å². The summed E-state index contributed by atoms with van der Waals surface area (Å²) < 4.78 is 13.2. The minimum Gasteiger partial charge on any atom is -0.352 e. The number of rotatable bonds is 8. The van der Waals surface area contributed by atoms with E-state index in [0.29, 0.717) is 15.6 Å². The molecule has 2 amide bonds. The third-order valence-corrected chi connectivity index (χ3v) is 5.51. The summed E-state index contributed by atoms with van der Waals surface area (Å²) in [6.07, 6.45) is 0.854. The molecular weight excluding hydrogens is 414 g/mol. The molecule has 2 unspecified atom stereocenters. The normalized spacial score (nSPS) is 12.9. The molecule has 0 saturated heterocycles. The van der Waals surface area contributed by atoms with Crippen LogP contribution in [0.1, 0.15) is 38.3 Å². The molecule has 0 saturated carbocycles. The van der Waals surface area contributed by atoms with E-state index in [9.17, 15) is 14.0 Å². The van der Waals surface area contributed by atoms with E-state index < -0.39 is 6.04 Å². The highest BCUT2D eigenvalue weighted by atomic mass is 35.5. The van der Waals surface area contributed by atoms with Crippen LogP contribution in [0.3, 0.4) is 0 Å². The molecule has 7 heteroatoms. The first-order chi connectivity index (χ1) is 13.7. The molecule has 29 heavy (non-hydrogen) atoms. The molecule has 0 spiro atoms. The summed E-state index contributed by atoms with van der Waals surface area (Å²) in [5, 5.41) is 3.68. The van der Waals surface area contributed by atoms with Crippen LogP contribution in [-0.2, 0) is 22.6 Å². The van der Waals surface area contributed by atoms with Crippen LogP contribution in [0.15, 0.2) is 42.5 Å². The van der Waals surface area contributed by atoms with E-state index in [1.54, 1.807) is 37.3 Å². The lowest BCUT2D eigenvalue weighted by molar-refractivity contribution is -0.140. The van der Waals surface area contributed by atoms with E-state index in [-0.39, 0.29) is 36.6 Å². The molecule has 0 aliphatic heterocycles. The van der Waals surface area contributed by atoms with Crippen molar-refractivity contribution in [1.82, 2.24) is 10.2 Å². The molecule has 0 heterocycles. The predicted molar refractivity (Wildman–Crippen MR) is 114 cm³/mol. The molecule has 2 rings (SSSR count). The largest absolute Gasteiger partial charge is 0.352 e. The number of carbonyl (C=O) groups excluding carboxylic acids is 2. The van der Waals surface area contributed by atoms with E-state index in [4.69, 9.17) is 23.2 Å². The van der Waals surface area contributed by atoms with Crippen molar-refractivity contribution >= 4 is 35.0 Å². The molecule has 156 valence electrons. The predicted octanol–water partition coefficient (Wildman–Crippen LogP) is 5.01. The number of hydrogen-bond acceptors (Lipinski definition) is 2. The minimum absolute atomic E-state index is 0.00259. The summed E-state index contributed by atoms with van der Waals surface area (Å²) >= 11 is 12.0. The lowest BCUT2D eigenvalue weighted by atomic mass is 10.1. The average molecular weight is 439 g/mol. The zero-order valence-electron chi connectivity index (χ0n) is 16.7. The quantitative estimate of drug-likeness (QED) is 0.629. The molecule has 0 aliphatic rings. The second kappa shape index (κ2) is 10.6. The molecule has 2 aromatic rings. The number of benzene rings is 2. The average Bonchev–Trinajstić information content (AvgIpc) is 2.69. The van der Waals surface area contributed by atoms with Gasteiger partial charge in [0, 0.05) is 12.6 Å². The fraction of sp³-hybridized carbons (Fsp3) is 0.364. The van der Waals surface area contributed by atoms with E-state index >= 15 is 0 Å². The van der Waals surface area contributed by atoms with Gasteiger partial charge in [0.1, 0.15) is 11.9 Å². The lowest BCUT2D eigenvalue weighted by Gasteiger charge is -2.30. The Bertz CT molecular complexity index is 858. The van der Waals surface area contributed by atoms with Gasteiger partial charge in [0.2, 0.25) is 11.8 Å². The van der Waals surface area contributed by atoms with Crippen molar-refractivity contribution < 1.29 is 14.0 Å². The maximum Gasteiger partial charge on any atom is 0.242 e. The van der Waals surface area contributed by atoms with E-state index in [2.05, 4.69) is 5.32 Å². The zero-order chi connectivity index (χ0) is 21.6. The van der Waals surface area contributed by atoms with E-state index in [1.165, 1.54) is 17.0 Å². The summed E-state index contributed by atoms with van der Waals surface area (Å²) in [4.78, 5) is 27.2. The van der Waals surface area contributed by atoms with Crippen LogP contribution < -0.4 is 5.32 Å². The Morgan fingerprint density at radius 1 is 1.03 bits per heavy atom. The van der Waals surface area contributed by atoms with Gasteiger partial charge < -0.3 is 10.2 Å². The highest BCUT2D eigenvalue weighted by Crippen LogP contribution is 2.23. The van der Waals surface area contributed by atoms with Gasteiger partial charge in [-0.1, -0.05) is 48.3 Å². The molecule has 2 aromatic carbocycles. The number of nitrogens with one attached hydrogen (secondary N) is 1. The summed E-state index contributed by atoms with van der Waals surface area (Å²) in [6.45, 7) is 5.76. The van der Waals surface area contributed by atoms with Gasteiger partial charge in [-0.15, -0.1) is 0 Å². The fourth-order valence-electron chi connectivity index (χ4n) is 2.76. The van der Waals surface area contributed by atoms with Crippen molar-refractivity contribution in [3.63, 3.8) is 0 Å². The molecule has 2 atom stereocenters. The summed E-state index contributed by atoms with van der Waals surface area (Å²) in [5.41, 5.74) is 1.43. The Labute approximate surface area is 181 Å². The molecule has 0 aliphatic carbocycles. The maximum atomic E-state index is 13.2. The molecular formula is C22H25Cl2FN2O2. The molecule has 0 fully saturated rings. The van der Waals surface area contributed by atoms with Crippen LogP contribution in [0.2, 0.25) is 10.0 Å². The lowest BCUT2D eigenvalue weighted by Crippen LogP contribution is -2.49. The fourth-order valence-corrected chi connectivity index (χ4v) is 3.08. The van der Waals surface area contributed by atoms with E-state index in [0.717, 1.165) is 12.0 Å². The van der Waals surface area contributed by atoms with Gasteiger partial charge in [-0.2, -0.15) is 0 Å². The Morgan fingerprint density at radius 2 is 1.66 bits per heavy atom. The topological polar surface area (TPSA) is 49.4 Å². The Kier molecular flexibility index (Phi) is 8.47. The Morgan fingerprint density at radius 3 is 2.24 bits per heavy atom. The summed E-state index contributed by atoms with van der Waals surface area (Å²) in [5.74, 6) is -0.825. The number of amides is 2. The van der Waals surface area contributed by atoms with Crippen molar-refractivity contribution in [3.8, 4) is 0 Å². The second-order valence-electron chi connectivity index (χ2n) is 7.07. The van der Waals surface area contributed by atoms with Gasteiger partial charge in [-0.25, -0.2) is 4.39 Å². The SMILES string of the molecule is CCC(C)NC(=O)C(C)N(Cc1ccc(F)cc1)C(=O)Cc1ccc(Cl)c(Cl)c1. The first-order valence-electron chi connectivity index (χ1n) is 9.49. The Hall–Kier alpha value is -2.11. The van der Waals surface area contributed by atoms with Gasteiger partial charge in [0.05, 0.1) is 16.5 Å². The van der Waals surface area contributed by atoms with Crippen molar-refractivity contribution in [2.75, 3.05) is 0 Å². The van der Waals surface area contributed by atoms with Crippen LogP contribution in [0.4, 0.5) is 4.39 Å². The smallest absolute Gasteiger partial charge is 0.242 e. The van der Waals surface area contributed by atoms with Crippen LogP contribution in [0.25, 0.3) is 0 Å². The van der Waals surface area contributed by atoms with Crippen molar-refractivity contribution in [2.45, 2.75) is 52.2 Å². The second-order valence-corrected chi connectivity index (χ2v) is 7.88. The maximum absolute atomic E-state index is 13.2. The molecule has 0 aromatic heterocycles. The van der Waals surface area contributed by atoms with Crippen LogP contribution >= 0.6 is 23.2 Å². The van der Waals surface area contributed by atoms with Crippen LogP contribution in [0.5, 0.6) is 0 Å². The highest BCUT2D eigenvalue weighted by Gasteiger charge is 2.27. The van der Waals surface area contributed by atoms with Crippen molar-refractivity contribution in [2.24, 2.45) is 0 Å².